The maximum absolute atomic E-state index is 13.5. The fraction of sp³-hybridized carbons (Fsp3) is 0.241. The largest absolute Gasteiger partial charge is 0.497 e. The lowest BCUT2D eigenvalue weighted by molar-refractivity contribution is 0.188. The number of carbonyl (C=O) groups is 1. The summed E-state index contributed by atoms with van der Waals surface area (Å²) in [7, 11) is 3.31. The van der Waals surface area contributed by atoms with E-state index >= 15 is 0 Å². The first kappa shape index (κ1) is 23.9. The molecular formula is C29H28ClN3O3. The molecule has 0 radical (unpaired) electrons. The molecule has 6 nitrogen and oxygen atoms in total. The van der Waals surface area contributed by atoms with Crippen molar-refractivity contribution < 1.29 is 14.3 Å². The van der Waals surface area contributed by atoms with E-state index in [2.05, 4.69) is 11.4 Å². The summed E-state index contributed by atoms with van der Waals surface area (Å²) in [5, 5.41) is 10.0. The molecule has 1 heterocycles. The number of anilines is 1. The molecule has 7 heteroatoms. The predicted molar refractivity (Wildman–Crippen MR) is 144 cm³/mol. The van der Waals surface area contributed by atoms with E-state index in [1.54, 1.807) is 31.4 Å². The summed E-state index contributed by atoms with van der Waals surface area (Å²) in [5.41, 5.74) is 4.86. The van der Waals surface area contributed by atoms with Crippen LogP contribution in [0.2, 0.25) is 5.02 Å². The highest BCUT2D eigenvalue weighted by Gasteiger charge is 2.43. The highest BCUT2D eigenvalue weighted by Crippen LogP contribution is 2.45. The van der Waals surface area contributed by atoms with Gasteiger partial charge in [0, 0.05) is 16.6 Å². The molecule has 1 saturated carbocycles. The Morgan fingerprint density at radius 1 is 1.03 bits per heavy atom. The Bertz CT molecular complexity index is 1300. The number of fused-ring (bicyclic) bond motifs is 1. The van der Waals surface area contributed by atoms with Crippen LogP contribution in [0.15, 0.2) is 83.5 Å². The van der Waals surface area contributed by atoms with Gasteiger partial charge in [0.25, 0.3) is 0 Å². The number of hydrazone groups is 1. The standard InChI is InChI=1S/C29H28ClN3O3/c1-35-24-13-9-19(10-14-24)17-21-5-3-8-26-27(21)32-33(28(26)20-11-15-25(36-2)16-12-20)29(34)31-23-7-4-6-22(30)18-23/h4,6-7,9-18,26,28H,3,5,8H2,1-2H3,(H,31,34)/b21-17+. The minimum absolute atomic E-state index is 0.0988. The number of hydrogen-bond donors (Lipinski definition) is 1. The summed E-state index contributed by atoms with van der Waals surface area (Å²) in [4.78, 5) is 13.5. The maximum Gasteiger partial charge on any atom is 0.342 e. The zero-order chi connectivity index (χ0) is 25.1. The SMILES string of the molecule is COc1ccc(/C=C2\CCCC3C2=NN(C(=O)Nc2cccc(Cl)c2)C3c2ccc(OC)cc2)cc1. The first-order valence-electron chi connectivity index (χ1n) is 12.0. The number of halogens is 1. The Labute approximate surface area is 216 Å². The summed E-state index contributed by atoms with van der Waals surface area (Å²) in [6.45, 7) is 0. The zero-order valence-corrected chi connectivity index (χ0v) is 21.0. The van der Waals surface area contributed by atoms with Crippen LogP contribution in [0.25, 0.3) is 6.08 Å². The molecule has 2 aliphatic rings. The molecule has 2 unspecified atom stereocenters. The molecule has 2 amide bonds. The third kappa shape index (κ3) is 4.95. The quantitative estimate of drug-likeness (QED) is 0.402. The van der Waals surface area contributed by atoms with Crippen LogP contribution in [0.4, 0.5) is 10.5 Å². The molecule has 0 bridgehead atoms. The Kier molecular flexibility index (Phi) is 6.96. The van der Waals surface area contributed by atoms with Gasteiger partial charge in [0.15, 0.2) is 0 Å². The first-order valence-corrected chi connectivity index (χ1v) is 12.4. The summed E-state index contributed by atoms with van der Waals surface area (Å²) in [6, 6.07) is 22.5. The number of ether oxygens (including phenoxy) is 2. The second-order valence-electron chi connectivity index (χ2n) is 8.93. The summed E-state index contributed by atoms with van der Waals surface area (Å²) < 4.78 is 10.6. The number of methoxy groups -OCH3 is 2. The second-order valence-corrected chi connectivity index (χ2v) is 9.37. The van der Waals surface area contributed by atoms with Gasteiger partial charge in [-0.1, -0.05) is 41.9 Å². The average Bonchev–Trinajstić information content (AvgIpc) is 3.30. The highest BCUT2D eigenvalue weighted by molar-refractivity contribution is 6.30. The minimum Gasteiger partial charge on any atom is -0.497 e. The molecule has 2 atom stereocenters. The maximum atomic E-state index is 13.5. The van der Waals surface area contributed by atoms with Crippen LogP contribution in [0.3, 0.4) is 0 Å². The van der Waals surface area contributed by atoms with Crippen molar-refractivity contribution in [2.24, 2.45) is 11.0 Å². The molecule has 184 valence electrons. The van der Waals surface area contributed by atoms with Crippen LogP contribution in [0, 0.1) is 5.92 Å². The Morgan fingerprint density at radius 3 is 2.39 bits per heavy atom. The van der Waals surface area contributed by atoms with E-state index in [0.717, 1.165) is 53.2 Å². The number of nitrogens with one attached hydrogen (secondary N) is 1. The van der Waals surface area contributed by atoms with Crippen LogP contribution >= 0.6 is 11.6 Å². The van der Waals surface area contributed by atoms with Gasteiger partial charge in [-0.15, -0.1) is 0 Å². The number of allylic oxidation sites excluding steroid dienone is 1. The van der Waals surface area contributed by atoms with Crippen molar-refractivity contribution in [3.05, 3.63) is 94.5 Å². The molecule has 0 spiro atoms. The third-order valence-corrected chi connectivity index (χ3v) is 6.93. The summed E-state index contributed by atoms with van der Waals surface area (Å²) >= 11 is 6.14. The Balaban J connectivity index is 1.51. The van der Waals surface area contributed by atoms with Crippen LogP contribution in [-0.4, -0.2) is 31.0 Å². The molecular weight excluding hydrogens is 474 g/mol. The van der Waals surface area contributed by atoms with Crippen molar-refractivity contribution in [3.63, 3.8) is 0 Å². The van der Waals surface area contributed by atoms with Gasteiger partial charge in [0.05, 0.1) is 26.0 Å². The van der Waals surface area contributed by atoms with Crippen molar-refractivity contribution in [1.29, 1.82) is 0 Å². The van der Waals surface area contributed by atoms with Crippen LogP contribution in [0.1, 0.15) is 36.4 Å². The van der Waals surface area contributed by atoms with Crippen molar-refractivity contribution in [3.8, 4) is 11.5 Å². The molecule has 0 saturated heterocycles. The molecule has 3 aromatic carbocycles. The average molecular weight is 502 g/mol. The van der Waals surface area contributed by atoms with E-state index in [1.807, 2.05) is 60.7 Å². The van der Waals surface area contributed by atoms with E-state index in [-0.39, 0.29) is 18.0 Å². The van der Waals surface area contributed by atoms with Gasteiger partial charge in [-0.25, -0.2) is 9.80 Å². The van der Waals surface area contributed by atoms with Crippen molar-refractivity contribution >= 4 is 35.1 Å². The normalized spacial score (nSPS) is 20.0. The molecule has 1 N–H and O–H groups in total. The number of hydrogen-bond acceptors (Lipinski definition) is 4. The van der Waals surface area contributed by atoms with E-state index in [9.17, 15) is 4.79 Å². The van der Waals surface area contributed by atoms with Gasteiger partial charge >= 0.3 is 6.03 Å². The zero-order valence-electron chi connectivity index (χ0n) is 20.3. The van der Waals surface area contributed by atoms with Gasteiger partial charge in [-0.05, 0) is 84.5 Å². The van der Waals surface area contributed by atoms with E-state index in [0.29, 0.717) is 10.7 Å². The summed E-state index contributed by atoms with van der Waals surface area (Å²) in [5.74, 6) is 1.69. The van der Waals surface area contributed by atoms with E-state index < -0.39 is 0 Å². The minimum atomic E-state index is -0.288. The van der Waals surface area contributed by atoms with Gasteiger partial charge < -0.3 is 14.8 Å². The monoisotopic (exact) mass is 501 g/mol. The predicted octanol–water partition coefficient (Wildman–Crippen LogP) is 7.19. The smallest absolute Gasteiger partial charge is 0.342 e. The second kappa shape index (κ2) is 10.5. The Morgan fingerprint density at radius 2 is 1.72 bits per heavy atom. The number of amides is 2. The Hall–Kier alpha value is -3.77. The molecule has 0 aromatic heterocycles. The van der Waals surface area contributed by atoms with Crippen LogP contribution < -0.4 is 14.8 Å². The fourth-order valence-electron chi connectivity index (χ4n) is 4.95. The number of urea groups is 1. The molecule has 5 rings (SSSR count). The van der Waals surface area contributed by atoms with Crippen molar-refractivity contribution in [2.45, 2.75) is 25.3 Å². The van der Waals surface area contributed by atoms with E-state index in [4.69, 9.17) is 26.2 Å². The first-order chi connectivity index (χ1) is 17.6. The molecule has 3 aromatic rings. The lowest BCUT2D eigenvalue weighted by atomic mass is 9.77. The highest BCUT2D eigenvalue weighted by atomic mass is 35.5. The van der Waals surface area contributed by atoms with Crippen molar-refractivity contribution in [2.75, 3.05) is 19.5 Å². The number of carbonyl (C=O) groups excluding carboxylic acids is 1. The lowest BCUT2D eigenvalue weighted by Gasteiger charge is -2.29. The number of nitrogens with zero attached hydrogens (tertiary/aromatic N) is 2. The van der Waals surface area contributed by atoms with E-state index in [1.165, 1.54) is 0 Å². The number of rotatable bonds is 5. The van der Waals surface area contributed by atoms with Gasteiger partial charge in [-0.3, -0.25) is 0 Å². The molecule has 1 aliphatic heterocycles. The van der Waals surface area contributed by atoms with Gasteiger partial charge in [0.1, 0.15) is 11.5 Å². The molecule has 1 fully saturated rings. The topological polar surface area (TPSA) is 63.2 Å². The number of benzene rings is 3. The van der Waals surface area contributed by atoms with Gasteiger partial charge in [0.2, 0.25) is 0 Å². The third-order valence-electron chi connectivity index (χ3n) is 6.70. The van der Waals surface area contributed by atoms with Crippen LogP contribution in [0.5, 0.6) is 11.5 Å². The van der Waals surface area contributed by atoms with Gasteiger partial charge in [-0.2, -0.15) is 5.10 Å². The fourth-order valence-corrected chi connectivity index (χ4v) is 5.14. The molecule has 1 aliphatic carbocycles. The summed E-state index contributed by atoms with van der Waals surface area (Å²) in [6.07, 6.45) is 5.08. The van der Waals surface area contributed by atoms with Crippen LogP contribution in [-0.2, 0) is 0 Å². The lowest BCUT2D eigenvalue weighted by Crippen LogP contribution is -2.34. The molecule has 36 heavy (non-hydrogen) atoms. The van der Waals surface area contributed by atoms with Crippen molar-refractivity contribution in [1.82, 2.24) is 5.01 Å².